The van der Waals surface area contributed by atoms with Crippen LogP contribution in [0.2, 0.25) is 0 Å². The Morgan fingerprint density at radius 3 is 2.82 bits per heavy atom. The smallest absolute Gasteiger partial charge is 0.322 e. The monoisotopic (exact) mass is 320 g/mol. The van der Waals surface area contributed by atoms with Crippen LogP contribution in [0, 0.1) is 6.92 Å². The first-order valence-electron chi connectivity index (χ1n) is 7.02. The summed E-state index contributed by atoms with van der Waals surface area (Å²) in [5.74, 6) is -1.11. The van der Waals surface area contributed by atoms with Gasteiger partial charge in [-0.05, 0) is 31.9 Å². The molecule has 116 valence electrons. The summed E-state index contributed by atoms with van der Waals surface area (Å²) in [5, 5.41) is 9.95. The predicted molar refractivity (Wildman–Crippen MR) is 81.0 cm³/mol. The number of para-hydroxylation sites is 1. The van der Waals surface area contributed by atoms with Gasteiger partial charge in [-0.15, -0.1) is 0 Å². The molecule has 1 aromatic heterocycles. The number of carboxylic acid groups (broad SMARTS) is 1. The lowest BCUT2D eigenvalue weighted by Gasteiger charge is -2.21. The number of carboxylic acids is 1. The third-order valence-corrected chi connectivity index (χ3v) is 5.84. The van der Waals surface area contributed by atoms with Crippen LogP contribution in [0.4, 0.5) is 0 Å². The van der Waals surface area contributed by atoms with E-state index in [0.29, 0.717) is 24.1 Å². The van der Waals surface area contributed by atoms with Crippen LogP contribution >= 0.6 is 0 Å². The van der Waals surface area contributed by atoms with Crippen molar-refractivity contribution in [1.29, 1.82) is 0 Å². The second-order valence-corrected chi connectivity index (χ2v) is 7.25. The molecule has 3 rings (SSSR count). The number of hydrogen-bond acceptors (Lipinski definition) is 4. The second kappa shape index (κ2) is 5.33. The van der Waals surface area contributed by atoms with Crippen molar-refractivity contribution in [3.8, 4) is 0 Å². The molecule has 0 amide bonds. The van der Waals surface area contributed by atoms with Gasteiger partial charge in [-0.1, -0.05) is 18.2 Å². The summed E-state index contributed by atoms with van der Waals surface area (Å²) in [6.07, 6.45) is 0.888. The van der Waals surface area contributed by atoms with Gasteiger partial charge in [0.15, 0.2) is 0 Å². The zero-order chi connectivity index (χ0) is 15.9. The molecule has 1 N–H and O–H groups in total. The maximum atomic E-state index is 12.9. The van der Waals surface area contributed by atoms with E-state index in [-0.39, 0.29) is 11.4 Å². The van der Waals surface area contributed by atoms with E-state index in [0.717, 1.165) is 9.69 Å². The quantitative estimate of drug-likeness (QED) is 0.931. The van der Waals surface area contributed by atoms with E-state index in [4.69, 9.17) is 0 Å². The lowest BCUT2D eigenvalue weighted by molar-refractivity contribution is -0.140. The zero-order valence-electron chi connectivity index (χ0n) is 12.1. The van der Waals surface area contributed by atoms with Gasteiger partial charge in [-0.25, -0.2) is 8.42 Å². The van der Waals surface area contributed by atoms with Crippen molar-refractivity contribution in [1.82, 2.24) is 9.29 Å². The Labute approximate surface area is 128 Å². The van der Waals surface area contributed by atoms with Crippen LogP contribution in [-0.2, 0) is 14.8 Å². The topological polar surface area (TPSA) is 87.6 Å². The Kier molecular flexibility index (Phi) is 3.62. The molecular weight excluding hydrogens is 304 g/mol. The molecule has 2 aromatic rings. The van der Waals surface area contributed by atoms with Crippen molar-refractivity contribution in [2.75, 3.05) is 6.54 Å². The third kappa shape index (κ3) is 2.36. The van der Waals surface area contributed by atoms with Crippen LogP contribution in [0.15, 0.2) is 35.2 Å². The van der Waals surface area contributed by atoms with Crippen LogP contribution in [0.5, 0.6) is 0 Å². The number of pyridine rings is 1. The van der Waals surface area contributed by atoms with Crippen molar-refractivity contribution < 1.29 is 18.3 Å². The molecule has 1 aliphatic rings. The molecule has 1 atom stereocenters. The number of sulfonamides is 1. The SMILES string of the molecule is Cc1ccc2cccc(S(=O)(=O)N3CCC[C@@H]3C(=O)O)c2n1. The molecule has 1 aromatic carbocycles. The number of hydrogen-bond donors (Lipinski definition) is 1. The average Bonchev–Trinajstić information content (AvgIpc) is 2.97. The molecule has 0 radical (unpaired) electrons. The number of benzene rings is 1. The molecule has 1 aliphatic heterocycles. The maximum absolute atomic E-state index is 12.9. The van der Waals surface area contributed by atoms with Crippen molar-refractivity contribution in [3.63, 3.8) is 0 Å². The number of carbonyl (C=O) groups is 1. The summed E-state index contributed by atoms with van der Waals surface area (Å²) >= 11 is 0. The highest BCUT2D eigenvalue weighted by Crippen LogP contribution is 2.30. The highest BCUT2D eigenvalue weighted by Gasteiger charge is 2.40. The first-order valence-corrected chi connectivity index (χ1v) is 8.46. The number of rotatable bonds is 3. The van der Waals surface area contributed by atoms with Crippen molar-refractivity contribution >= 4 is 26.9 Å². The van der Waals surface area contributed by atoms with Crippen molar-refractivity contribution in [2.24, 2.45) is 0 Å². The molecule has 6 nitrogen and oxygen atoms in total. The van der Waals surface area contributed by atoms with E-state index in [9.17, 15) is 18.3 Å². The minimum absolute atomic E-state index is 0.0712. The van der Waals surface area contributed by atoms with E-state index in [1.165, 1.54) is 6.07 Å². The van der Waals surface area contributed by atoms with E-state index < -0.39 is 22.0 Å². The van der Waals surface area contributed by atoms with Gasteiger partial charge in [-0.3, -0.25) is 9.78 Å². The first kappa shape index (κ1) is 14.9. The van der Waals surface area contributed by atoms with Gasteiger partial charge in [-0.2, -0.15) is 4.31 Å². The number of fused-ring (bicyclic) bond motifs is 1. The predicted octanol–water partition coefficient (Wildman–Crippen LogP) is 1.78. The summed E-state index contributed by atoms with van der Waals surface area (Å²) in [7, 11) is -3.89. The molecule has 2 heterocycles. The fourth-order valence-corrected chi connectivity index (χ4v) is 4.64. The van der Waals surface area contributed by atoms with Crippen molar-refractivity contribution in [3.05, 3.63) is 36.0 Å². The summed E-state index contributed by atoms with van der Waals surface area (Å²) in [6.45, 7) is 2.01. The van der Waals surface area contributed by atoms with Gasteiger partial charge in [0.2, 0.25) is 10.0 Å². The maximum Gasteiger partial charge on any atom is 0.322 e. The van der Waals surface area contributed by atoms with Gasteiger partial charge < -0.3 is 5.11 Å². The largest absolute Gasteiger partial charge is 0.480 e. The molecule has 1 fully saturated rings. The third-order valence-electron chi connectivity index (χ3n) is 3.90. The van der Waals surface area contributed by atoms with Crippen LogP contribution in [0.25, 0.3) is 10.9 Å². The van der Waals surface area contributed by atoms with Crippen LogP contribution in [0.3, 0.4) is 0 Å². The molecule has 0 unspecified atom stereocenters. The number of nitrogens with zero attached hydrogens (tertiary/aromatic N) is 2. The van der Waals surface area contributed by atoms with Gasteiger partial charge in [0.05, 0.1) is 5.52 Å². The van der Waals surface area contributed by atoms with Crippen molar-refractivity contribution in [2.45, 2.75) is 30.7 Å². The van der Waals surface area contributed by atoms with Gasteiger partial charge in [0.25, 0.3) is 0 Å². The fraction of sp³-hybridized carbons (Fsp3) is 0.333. The summed E-state index contributed by atoms with van der Waals surface area (Å²) in [4.78, 5) is 15.7. The standard InChI is InChI=1S/C15H16N2O4S/c1-10-7-8-11-4-2-6-13(14(11)16-10)22(20,21)17-9-3-5-12(17)15(18)19/h2,4,6-8,12H,3,5,9H2,1H3,(H,18,19)/t12-/m1/s1. The number of aryl methyl sites for hydroxylation is 1. The molecule has 0 spiro atoms. The normalized spacial score (nSPS) is 19.6. The molecule has 22 heavy (non-hydrogen) atoms. The zero-order valence-corrected chi connectivity index (χ0v) is 12.9. The lowest BCUT2D eigenvalue weighted by Crippen LogP contribution is -2.40. The molecule has 1 saturated heterocycles. The Hall–Kier alpha value is -1.99. The summed E-state index contributed by atoms with van der Waals surface area (Å²) in [5.41, 5.74) is 1.10. The molecule has 0 aliphatic carbocycles. The fourth-order valence-electron chi connectivity index (χ4n) is 2.83. The summed E-state index contributed by atoms with van der Waals surface area (Å²) < 4.78 is 26.9. The van der Waals surface area contributed by atoms with Gasteiger partial charge in [0.1, 0.15) is 10.9 Å². The van der Waals surface area contributed by atoms with Crippen LogP contribution in [-0.4, -0.2) is 41.4 Å². The average molecular weight is 320 g/mol. The molecule has 0 bridgehead atoms. The Bertz CT molecular complexity index is 848. The minimum Gasteiger partial charge on any atom is -0.480 e. The van der Waals surface area contributed by atoms with Crippen LogP contribution in [0.1, 0.15) is 18.5 Å². The van der Waals surface area contributed by atoms with Crippen LogP contribution < -0.4 is 0 Å². The van der Waals surface area contributed by atoms with Gasteiger partial charge >= 0.3 is 5.97 Å². The van der Waals surface area contributed by atoms with Gasteiger partial charge in [0, 0.05) is 17.6 Å². The molecular formula is C15H16N2O4S. The Morgan fingerprint density at radius 2 is 2.09 bits per heavy atom. The van der Waals surface area contributed by atoms with E-state index in [1.807, 2.05) is 12.1 Å². The molecule has 7 heteroatoms. The second-order valence-electron chi connectivity index (χ2n) is 5.39. The lowest BCUT2D eigenvalue weighted by atomic mass is 10.2. The van der Waals surface area contributed by atoms with E-state index >= 15 is 0 Å². The Balaban J connectivity index is 2.17. The number of aliphatic carboxylic acids is 1. The highest BCUT2D eigenvalue weighted by atomic mass is 32.2. The van der Waals surface area contributed by atoms with E-state index in [2.05, 4.69) is 4.98 Å². The first-order chi connectivity index (χ1) is 10.4. The van der Waals surface area contributed by atoms with E-state index in [1.54, 1.807) is 19.1 Å². The molecule has 0 saturated carbocycles. The summed E-state index contributed by atoms with van der Waals surface area (Å²) in [6, 6.07) is 7.56. The Morgan fingerprint density at radius 1 is 1.32 bits per heavy atom. The highest BCUT2D eigenvalue weighted by molar-refractivity contribution is 7.89. The number of aromatic nitrogens is 1. The minimum atomic E-state index is -3.89.